The van der Waals surface area contributed by atoms with Crippen LogP contribution in [0.4, 0.5) is 4.79 Å². The van der Waals surface area contributed by atoms with Crippen LogP contribution in [0.1, 0.15) is 68.2 Å². The lowest BCUT2D eigenvalue weighted by Crippen LogP contribution is -2.24. The lowest BCUT2D eigenvalue weighted by atomic mass is 9.96. The first-order valence-electron chi connectivity index (χ1n) is 8.67. The Balaban J connectivity index is 4.11. The molecule has 130 valence electrons. The lowest BCUT2D eigenvalue weighted by molar-refractivity contribution is -0.00758. The van der Waals surface area contributed by atoms with Crippen molar-refractivity contribution in [1.29, 1.82) is 0 Å². The van der Waals surface area contributed by atoms with Gasteiger partial charge in [-0.2, -0.15) is 0 Å². The Labute approximate surface area is 137 Å². The van der Waals surface area contributed by atoms with Gasteiger partial charge in [-0.15, -0.1) is 0 Å². The first kappa shape index (κ1) is 21.0. The minimum Gasteiger partial charge on any atom is -0.431 e. The van der Waals surface area contributed by atoms with Crippen molar-refractivity contribution in [3.63, 3.8) is 0 Å². The Kier molecular flexibility index (Phi) is 10.2. The summed E-state index contributed by atoms with van der Waals surface area (Å²) in [5.41, 5.74) is 0. The third-order valence-corrected chi connectivity index (χ3v) is 3.83. The molecule has 0 heterocycles. The van der Waals surface area contributed by atoms with Gasteiger partial charge < -0.3 is 9.47 Å². The predicted octanol–water partition coefficient (Wildman–Crippen LogP) is 5.84. The van der Waals surface area contributed by atoms with E-state index in [2.05, 4.69) is 39.8 Å². The average molecular weight is 312 g/mol. The minimum atomic E-state index is -0.557. The van der Waals surface area contributed by atoms with Crippen LogP contribution in [0, 0.1) is 23.7 Å². The summed E-state index contributed by atoms with van der Waals surface area (Å²) < 4.78 is 10.5. The summed E-state index contributed by atoms with van der Waals surface area (Å²) in [7, 11) is 0. The first-order valence-corrected chi connectivity index (χ1v) is 8.67. The van der Waals surface area contributed by atoms with E-state index in [1.165, 1.54) is 6.42 Å². The number of carbonyl (C=O) groups excluding carboxylic acids is 1. The van der Waals surface area contributed by atoms with Gasteiger partial charge in [-0.05, 0) is 50.4 Å². The van der Waals surface area contributed by atoms with E-state index in [9.17, 15) is 4.79 Å². The molecular formula is C19H36O3. The SMILES string of the molecule is CC(C)CC(C)/C=C\C(C)CC(C)OC(=O)OC(C)C(C)C. The molecule has 3 heteroatoms. The van der Waals surface area contributed by atoms with Crippen LogP contribution in [0.2, 0.25) is 0 Å². The van der Waals surface area contributed by atoms with Gasteiger partial charge in [0, 0.05) is 0 Å². The molecule has 0 aliphatic rings. The fraction of sp³-hybridized carbons (Fsp3) is 0.842. The van der Waals surface area contributed by atoms with Crippen LogP contribution >= 0.6 is 0 Å². The first-order chi connectivity index (χ1) is 10.1. The van der Waals surface area contributed by atoms with Gasteiger partial charge in [-0.1, -0.05) is 53.7 Å². The van der Waals surface area contributed by atoms with Crippen molar-refractivity contribution in [3.05, 3.63) is 12.2 Å². The molecule has 0 saturated carbocycles. The Morgan fingerprint density at radius 1 is 0.818 bits per heavy atom. The highest BCUT2D eigenvalue weighted by Gasteiger charge is 2.17. The fourth-order valence-corrected chi connectivity index (χ4v) is 2.33. The second-order valence-electron chi connectivity index (χ2n) is 7.45. The van der Waals surface area contributed by atoms with Gasteiger partial charge in [0.15, 0.2) is 0 Å². The van der Waals surface area contributed by atoms with E-state index in [0.717, 1.165) is 12.3 Å². The molecule has 0 saturated heterocycles. The smallest absolute Gasteiger partial charge is 0.431 e. The highest BCUT2D eigenvalue weighted by atomic mass is 16.7. The van der Waals surface area contributed by atoms with Crippen LogP contribution in [0.3, 0.4) is 0 Å². The summed E-state index contributed by atoms with van der Waals surface area (Å²) in [5, 5.41) is 0. The second kappa shape index (κ2) is 10.7. The molecule has 0 bridgehead atoms. The van der Waals surface area contributed by atoms with Crippen molar-refractivity contribution < 1.29 is 14.3 Å². The molecule has 0 aromatic rings. The topological polar surface area (TPSA) is 35.5 Å². The van der Waals surface area contributed by atoms with E-state index in [-0.39, 0.29) is 12.2 Å². The Morgan fingerprint density at radius 3 is 1.77 bits per heavy atom. The predicted molar refractivity (Wildman–Crippen MR) is 92.9 cm³/mol. The molecule has 0 amide bonds. The maximum atomic E-state index is 11.7. The second-order valence-corrected chi connectivity index (χ2v) is 7.45. The molecule has 0 aliphatic heterocycles. The van der Waals surface area contributed by atoms with Gasteiger partial charge in [0.1, 0.15) is 12.2 Å². The van der Waals surface area contributed by atoms with E-state index in [4.69, 9.17) is 9.47 Å². The number of hydrogen-bond acceptors (Lipinski definition) is 3. The molecule has 0 radical (unpaired) electrons. The summed E-state index contributed by atoms with van der Waals surface area (Å²) in [5.74, 6) is 2.00. The van der Waals surface area contributed by atoms with Crippen molar-refractivity contribution in [3.8, 4) is 0 Å². The molecule has 0 N–H and O–H groups in total. The standard InChI is InChI=1S/C19H36O3/c1-13(2)11-15(5)9-10-16(6)12-17(7)21-19(20)22-18(8)14(3)4/h9-10,13-18H,11-12H2,1-8H3/b10-9-. The highest BCUT2D eigenvalue weighted by Crippen LogP contribution is 2.16. The largest absolute Gasteiger partial charge is 0.508 e. The van der Waals surface area contributed by atoms with Gasteiger partial charge in [-0.25, -0.2) is 4.79 Å². The maximum Gasteiger partial charge on any atom is 0.508 e. The molecular weight excluding hydrogens is 276 g/mol. The number of rotatable bonds is 9. The number of carbonyl (C=O) groups is 1. The zero-order valence-corrected chi connectivity index (χ0v) is 15.8. The normalized spacial score (nSPS) is 17.5. The van der Waals surface area contributed by atoms with E-state index < -0.39 is 6.16 Å². The van der Waals surface area contributed by atoms with Crippen molar-refractivity contribution in [2.24, 2.45) is 23.7 Å². The summed E-state index contributed by atoms with van der Waals surface area (Å²) >= 11 is 0. The summed E-state index contributed by atoms with van der Waals surface area (Å²) in [6.45, 7) is 16.7. The number of hydrogen-bond donors (Lipinski definition) is 0. The number of ether oxygens (including phenoxy) is 2. The molecule has 0 aliphatic carbocycles. The quantitative estimate of drug-likeness (QED) is 0.396. The van der Waals surface area contributed by atoms with E-state index >= 15 is 0 Å². The van der Waals surface area contributed by atoms with Crippen LogP contribution in [-0.2, 0) is 9.47 Å². The summed E-state index contributed by atoms with van der Waals surface area (Å²) in [6, 6.07) is 0. The molecule has 0 spiro atoms. The number of allylic oxidation sites excluding steroid dienone is 2. The molecule has 4 atom stereocenters. The molecule has 0 aromatic heterocycles. The van der Waals surface area contributed by atoms with Gasteiger partial charge >= 0.3 is 6.16 Å². The minimum absolute atomic E-state index is 0.117. The Hall–Kier alpha value is -0.990. The van der Waals surface area contributed by atoms with Crippen LogP contribution in [0.5, 0.6) is 0 Å². The Bertz CT molecular complexity index is 334. The molecule has 22 heavy (non-hydrogen) atoms. The lowest BCUT2D eigenvalue weighted by Gasteiger charge is -2.20. The fourth-order valence-electron chi connectivity index (χ4n) is 2.33. The molecule has 0 fully saturated rings. The van der Waals surface area contributed by atoms with Gasteiger partial charge in [-0.3, -0.25) is 0 Å². The average Bonchev–Trinajstić information content (AvgIpc) is 2.34. The summed E-state index contributed by atoms with van der Waals surface area (Å²) in [4.78, 5) is 11.7. The van der Waals surface area contributed by atoms with Crippen LogP contribution in [0.25, 0.3) is 0 Å². The van der Waals surface area contributed by atoms with Crippen molar-refractivity contribution >= 4 is 6.16 Å². The van der Waals surface area contributed by atoms with Crippen molar-refractivity contribution in [1.82, 2.24) is 0 Å². The van der Waals surface area contributed by atoms with E-state index in [1.807, 2.05) is 27.7 Å². The molecule has 3 nitrogen and oxygen atoms in total. The van der Waals surface area contributed by atoms with E-state index in [1.54, 1.807) is 0 Å². The molecule has 0 aromatic carbocycles. The van der Waals surface area contributed by atoms with Crippen molar-refractivity contribution in [2.75, 3.05) is 0 Å². The Morgan fingerprint density at radius 2 is 1.32 bits per heavy atom. The molecule has 4 unspecified atom stereocenters. The summed E-state index contributed by atoms with van der Waals surface area (Å²) in [6.07, 6.45) is 5.72. The van der Waals surface area contributed by atoms with Crippen molar-refractivity contribution in [2.45, 2.75) is 80.4 Å². The third kappa shape index (κ3) is 10.7. The van der Waals surface area contributed by atoms with Gasteiger partial charge in [0.05, 0.1) is 0 Å². The molecule has 0 rings (SSSR count). The third-order valence-electron chi connectivity index (χ3n) is 3.83. The van der Waals surface area contributed by atoms with Crippen LogP contribution in [0.15, 0.2) is 12.2 Å². The zero-order valence-electron chi connectivity index (χ0n) is 15.8. The maximum absolute atomic E-state index is 11.7. The zero-order chi connectivity index (χ0) is 17.3. The van der Waals surface area contributed by atoms with E-state index in [0.29, 0.717) is 17.8 Å². The highest BCUT2D eigenvalue weighted by molar-refractivity contribution is 5.60. The van der Waals surface area contributed by atoms with Crippen LogP contribution < -0.4 is 0 Å². The monoisotopic (exact) mass is 312 g/mol. The van der Waals surface area contributed by atoms with Gasteiger partial charge in [0.25, 0.3) is 0 Å². The van der Waals surface area contributed by atoms with Gasteiger partial charge in [0.2, 0.25) is 0 Å². The van der Waals surface area contributed by atoms with Crippen LogP contribution in [-0.4, -0.2) is 18.4 Å².